The first kappa shape index (κ1) is 15.9. The first-order valence-corrected chi connectivity index (χ1v) is 6.63. The molecule has 0 aliphatic heterocycles. The van der Waals surface area contributed by atoms with Crippen molar-refractivity contribution in [3.8, 4) is 5.75 Å². The second kappa shape index (κ2) is 6.86. The molecule has 0 unspecified atom stereocenters. The standard InChI is InChI=1S/C13H17BrFNO3/c1-13(2,5-6-17)16-12(18)8-19-11-4-3-9(15)7-10(11)14/h3-4,7,17H,5-6,8H2,1-2H3,(H,16,18). The van der Waals surface area contributed by atoms with Crippen LogP contribution in [0.3, 0.4) is 0 Å². The maximum atomic E-state index is 12.9. The van der Waals surface area contributed by atoms with E-state index >= 15 is 0 Å². The molecule has 0 fully saturated rings. The summed E-state index contributed by atoms with van der Waals surface area (Å²) in [6.45, 7) is 3.46. The Morgan fingerprint density at radius 2 is 2.21 bits per heavy atom. The number of amides is 1. The van der Waals surface area contributed by atoms with E-state index in [0.29, 0.717) is 16.6 Å². The largest absolute Gasteiger partial charge is 0.483 e. The maximum Gasteiger partial charge on any atom is 0.258 e. The van der Waals surface area contributed by atoms with Crippen molar-refractivity contribution < 1.29 is 19.0 Å². The van der Waals surface area contributed by atoms with Gasteiger partial charge in [0.05, 0.1) is 4.47 Å². The number of hydrogen-bond donors (Lipinski definition) is 2. The van der Waals surface area contributed by atoms with E-state index in [1.807, 2.05) is 13.8 Å². The highest BCUT2D eigenvalue weighted by Crippen LogP contribution is 2.25. The van der Waals surface area contributed by atoms with Crippen LogP contribution in [0.15, 0.2) is 22.7 Å². The predicted octanol–water partition coefficient (Wildman–Crippen LogP) is 2.24. The van der Waals surface area contributed by atoms with Gasteiger partial charge in [-0.1, -0.05) is 0 Å². The van der Waals surface area contributed by atoms with Crippen LogP contribution in [0, 0.1) is 5.82 Å². The highest BCUT2D eigenvalue weighted by atomic mass is 79.9. The molecule has 4 nitrogen and oxygen atoms in total. The molecule has 0 aromatic heterocycles. The Kier molecular flexibility index (Phi) is 5.75. The summed E-state index contributed by atoms with van der Waals surface area (Å²) in [4.78, 5) is 11.7. The van der Waals surface area contributed by atoms with Crippen LogP contribution in [0.4, 0.5) is 4.39 Å². The van der Waals surface area contributed by atoms with E-state index in [4.69, 9.17) is 9.84 Å². The summed E-state index contributed by atoms with van der Waals surface area (Å²) in [6, 6.07) is 3.97. The fourth-order valence-electron chi connectivity index (χ4n) is 1.49. The molecule has 0 bridgehead atoms. The second-order valence-corrected chi connectivity index (χ2v) is 5.62. The summed E-state index contributed by atoms with van der Waals surface area (Å²) < 4.78 is 18.6. The van der Waals surface area contributed by atoms with Crippen molar-refractivity contribution in [1.82, 2.24) is 5.32 Å². The third-order valence-electron chi connectivity index (χ3n) is 2.47. The lowest BCUT2D eigenvalue weighted by Crippen LogP contribution is -2.46. The Labute approximate surface area is 120 Å². The molecular formula is C13H17BrFNO3. The van der Waals surface area contributed by atoms with E-state index in [1.54, 1.807) is 0 Å². The molecule has 19 heavy (non-hydrogen) atoms. The Hall–Kier alpha value is -1.14. The van der Waals surface area contributed by atoms with Crippen LogP contribution in [0.5, 0.6) is 5.75 Å². The number of benzene rings is 1. The molecule has 0 saturated carbocycles. The molecule has 0 heterocycles. The number of aliphatic hydroxyl groups is 1. The molecule has 106 valence electrons. The number of halogens is 2. The molecular weight excluding hydrogens is 317 g/mol. The number of carbonyl (C=O) groups is 1. The van der Waals surface area contributed by atoms with Gasteiger partial charge in [0, 0.05) is 12.1 Å². The van der Waals surface area contributed by atoms with E-state index in [0.717, 1.165) is 0 Å². The van der Waals surface area contributed by atoms with Gasteiger partial charge in [-0.3, -0.25) is 4.79 Å². The van der Waals surface area contributed by atoms with Crippen molar-refractivity contribution in [2.45, 2.75) is 25.8 Å². The fourth-order valence-corrected chi connectivity index (χ4v) is 1.96. The maximum absolute atomic E-state index is 12.9. The van der Waals surface area contributed by atoms with Crippen molar-refractivity contribution in [1.29, 1.82) is 0 Å². The predicted molar refractivity (Wildman–Crippen MR) is 73.5 cm³/mol. The Balaban J connectivity index is 2.50. The molecule has 0 spiro atoms. The lowest BCUT2D eigenvalue weighted by Gasteiger charge is -2.25. The Bertz CT molecular complexity index is 452. The van der Waals surface area contributed by atoms with Crippen LogP contribution in [-0.4, -0.2) is 29.8 Å². The van der Waals surface area contributed by atoms with Gasteiger partial charge in [0.1, 0.15) is 11.6 Å². The Morgan fingerprint density at radius 1 is 1.53 bits per heavy atom. The fraction of sp³-hybridized carbons (Fsp3) is 0.462. The summed E-state index contributed by atoms with van der Waals surface area (Å²) in [5.41, 5.74) is -0.491. The average Bonchev–Trinajstić information content (AvgIpc) is 2.26. The molecule has 1 rings (SSSR count). The van der Waals surface area contributed by atoms with Crippen molar-refractivity contribution >= 4 is 21.8 Å². The van der Waals surface area contributed by atoms with Crippen molar-refractivity contribution in [2.75, 3.05) is 13.2 Å². The SMILES string of the molecule is CC(C)(CCO)NC(=O)COc1ccc(F)cc1Br. The number of aliphatic hydroxyl groups excluding tert-OH is 1. The minimum absolute atomic E-state index is 0.00233. The first-order valence-electron chi connectivity index (χ1n) is 5.84. The van der Waals surface area contributed by atoms with Gasteiger partial charge in [-0.2, -0.15) is 0 Å². The smallest absolute Gasteiger partial charge is 0.258 e. The molecule has 0 aliphatic carbocycles. The average molecular weight is 334 g/mol. The van der Waals surface area contributed by atoms with Crippen molar-refractivity contribution in [2.24, 2.45) is 0 Å². The van der Waals surface area contributed by atoms with Crippen LogP contribution >= 0.6 is 15.9 Å². The van der Waals surface area contributed by atoms with E-state index in [9.17, 15) is 9.18 Å². The van der Waals surface area contributed by atoms with Crippen LogP contribution in [0.25, 0.3) is 0 Å². The quantitative estimate of drug-likeness (QED) is 0.839. The van der Waals surface area contributed by atoms with Gasteiger partial charge in [-0.05, 0) is 54.4 Å². The highest BCUT2D eigenvalue weighted by Gasteiger charge is 2.19. The zero-order valence-electron chi connectivity index (χ0n) is 10.9. The normalized spacial score (nSPS) is 11.2. The molecule has 0 radical (unpaired) electrons. The van der Waals surface area contributed by atoms with Crippen LogP contribution in [0.1, 0.15) is 20.3 Å². The molecule has 1 aromatic carbocycles. The van der Waals surface area contributed by atoms with Gasteiger partial charge < -0.3 is 15.2 Å². The van der Waals surface area contributed by atoms with Crippen LogP contribution < -0.4 is 10.1 Å². The summed E-state index contributed by atoms with van der Waals surface area (Å²) in [5.74, 6) is -0.279. The van der Waals surface area contributed by atoms with Gasteiger partial charge in [0.2, 0.25) is 0 Å². The van der Waals surface area contributed by atoms with Crippen LogP contribution in [-0.2, 0) is 4.79 Å². The van der Waals surface area contributed by atoms with E-state index in [1.165, 1.54) is 18.2 Å². The molecule has 1 amide bonds. The Morgan fingerprint density at radius 3 is 2.79 bits per heavy atom. The van der Waals surface area contributed by atoms with E-state index in [2.05, 4.69) is 21.2 Å². The highest BCUT2D eigenvalue weighted by molar-refractivity contribution is 9.10. The lowest BCUT2D eigenvalue weighted by molar-refractivity contribution is -0.124. The number of hydrogen-bond acceptors (Lipinski definition) is 3. The summed E-state index contributed by atoms with van der Waals surface area (Å²) in [7, 11) is 0. The minimum Gasteiger partial charge on any atom is -0.483 e. The summed E-state index contributed by atoms with van der Waals surface area (Å²) in [5, 5.41) is 11.6. The third-order valence-corrected chi connectivity index (χ3v) is 3.09. The molecule has 6 heteroatoms. The molecule has 1 aromatic rings. The number of ether oxygens (including phenoxy) is 1. The topological polar surface area (TPSA) is 58.6 Å². The van der Waals surface area contributed by atoms with Gasteiger partial charge in [0.25, 0.3) is 5.91 Å². The van der Waals surface area contributed by atoms with Crippen molar-refractivity contribution in [3.05, 3.63) is 28.5 Å². The number of rotatable bonds is 6. The van der Waals surface area contributed by atoms with Gasteiger partial charge in [-0.15, -0.1) is 0 Å². The molecule has 2 N–H and O–H groups in total. The molecule has 0 saturated heterocycles. The van der Waals surface area contributed by atoms with Gasteiger partial charge >= 0.3 is 0 Å². The summed E-state index contributed by atoms with van der Waals surface area (Å²) in [6.07, 6.45) is 0.457. The minimum atomic E-state index is -0.491. The van der Waals surface area contributed by atoms with Crippen LogP contribution in [0.2, 0.25) is 0 Å². The zero-order chi connectivity index (χ0) is 14.5. The van der Waals surface area contributed by atoms with Gasteiger partial charge in [0.15, 0.2) is 6.61 Å². The number of nitrogens with one attached hydrogen (secondary N) is 1. The van der Waals surface area contributed by atoms with Gasteiger partial charge in [-0.25, -0.2) is 4.39 Å². The summed E-state index contributed by atoms with van der Waals surface area (Å²) >= 11 is 3.15. The monoisotopic (exact) mass is 333 g/mol. The van der Waals surface area contributed by atoms with E-state index in [-0.39, 0.29) is 24.9 Å². The third kappa shape index (κ3) is 5.57. The second-order valence-electron chi connectivity index (χ2n) is 4.77. The van der Waals surface area contributed by atoms with Crippen molar-refractivity contribution in [3.63, 3.8) is 0 Å². The zero-order valence-corrected chi connectivity index (χ0v) is 12.5. The first-order chi connectivity index (χ1) is 8.84. The number of carbonyl (C=O) groups excluding carboxylic acids is 1. The molecule has 0 aliphatic rings. The molecule has 0 atom stereocenters. The van der Waals surface area contributed by atoms with E-state index < -0.39 is 5.54 Å². The lowest BCUT2D eigenvalue weighted by atomic mass is 10.0.